The Labute approximate surface area is 90.8 Å². The summed E-state index contributed by atoms with van der Waals surface area (Å²) in [6.07, 6.45) is 4.22. The van der Waals surface area contributed by atoms with Crippen LogP contribution in [-0.2, 0) is 6.54 Å². The van der Waals surface area contributed by atoms with Gasteiger partial charge in [-0.1, -0.05) is 12.1 Å². The summed E-state index contributed by atoms with van der Waals surface area (Å²) in [4.78, 5) is 0. The second kappa shape index (κ2) is 4.47. The average molecular weight is 203 g/mol. The molecule has 0 spiro atoms. The van der Waals surface area contributed by atoms with Gasteiger partial charge in [-0.15, -0.1) is 0 Å². The maximum absolute atomic E-state index is 3.34. The minimum absolute atomic E-state index is 0.415. The highest BCUT2D eigenvalue weighted by Crippen LogP contribution is 2.17. The average Bonchev–Trinajstić information content (AvgIpc) is 2.66. The summed E-state index contributed by atoms with van der Waals surface area (Å²) in [5.41, 5.74) is 5.82. The molecule has 1 aromatic carbocycles. The van der Waals surface area contributed by atoms with E-state index in [0.717, 1.165) is 6.54 Å². The molecule has 15 heavy (non-hydrogen) atoms. The van der Waals surface area contributed by atoms with E-state index in [9.17, 15) is 0 Å². The van der Waals surface area contributed by atoms with Gasteiger partial charge in [0.05, 0.1) is 5.69 Å². The van der Waals surface area contributed by atoms with Gasteiger partial charge < -0.3 is 5.32 Å². The van der Waals surface area contributed by atoms with Crippen LogP contribution in [0.3, 0.4) is 0 Å². The number of rotatable bonds is 3. The monoisotopic (exact) mass is 203 g/mol. The predicted molar refractivity (Wildman–Crippen MR) is 63.4 cm³/mol. The molecular weight excluding hydrogens is 186 g/mol. The first-order valence-corrected chi connectivity index (χ1v) is 5.27. The van der Waals surface area contributed by atoms with Gasteiger partial charge in [0, 0.05) is 18.8 Å². The third kappa shape index (κ3) is 2.37. The molecule has 1 atom stereocenters. The van der Waals surface area contributed by atoms with E-state index in [4.69, 9.17) is 0 Å². The number of nitrogens with one attached hydrogen (secondary N) is 2. The molecule has 0 amide bonds. The zero-order valence-electron chi connectivity index (χ0n) is 9.20. The van der Waals surface area contributed by atoms with E-state index < -0.39 is 0 Å². The van der Waals surface area contributed by atoms with Crippen molar-refractivity contribution in [3.8, 4) is 0 Å². The van der Waals surface area contributed by atoms with Crippen LogP contribution < -0.4 is 15.8 Å². The number of anilines is 1. The van der Waals surface area contributed by atoms with Gasteiger partial charge in [-0.2, -0.15) is 0 Å². The van der Waals surface area contributed by atoms with Crippen molar-refractivity contribution < 1.29 is 0 Å². The molecule has 80 valence electrons. The van der Waals surface area contributed by atoms with Crippen LogP contribution >= 0.6 is 0 Å². The zero-order valence-corrected chi connectivity index (χ0v) is 9.20. The first-order chi connectivity index (χ1) is 7.29. The van der Waals surface area contributed by atoms with Crippen LogP contribution in [0, 0.1) is 0 Å². The molecule has 1 heterocycles. The summed E-state index contributed by atoms with van der Waals surface area (Å²) >= 11 is 0. The first-order valence-electron chi connectivity index (χ1n) is 5.27. The van der Waals surface area contributed by atoms with Gasteiger partial charge in [0.25, 0.3) is 0 Å². The van der Waals surface area contributed by atoms with E-state index in [1.807, 2.05) is 7.05 Å². The smallest absolute Gasteiger partial charge is 0.0574 e. The molecule has 1 aliphatic rings. The SMILES string of the molecule is CNCc1cccc(N2C=CC(C)N2)c1. The highest BCUT2D eigenvalue weighted by atomic mass is 15.5. The number of benzene rings is 1. The summed E-state index contributed by atoms with van der Waals surface area (Å²) in [6, 6.07) is 8.92. The lowest BCUT2D eigenvalue weighted by Crippen LogP contribution is -2.33. The molecule has 0 aliphatic carbocycles. The quantitative estimate of drug-likeness (QED) is 0.782. The molecule has 2 N–H and O–H groups in total. The zero-order chi connectivity index (χ0) is 10.7. The highest BCUT2D eigenvalue weighted by molar-refractivity contribution is 5.51. The maximum Gasteiger partial charge on any atom is 0.0574 e. The number of hydrogen-bond donors (Lipinski definition) is 2. The fourth-order valence-electron chi connectivity index (χ4n) is 1.70. The predicted octanol–water partition coefficient (Wildman–Crippen LogP) is 1.63. The Bertz CT molecular complexity index is 360. The maximum atomic E-state index is 3.34. The van der Waals surface area contributed by atoms with Crippen LogP contribution in [-0.4, -0.2) is 13.1 Å². The van der Waals surface area contributed by atoms with Gasteiger partial charge >= 0.3 is 0 Å². The van der Waals surface area contributed by atoms with Crippen LogP contribution in [0.5, 0.6) is 0 Å². The molecule has 0 saturated carbocycles. The minimum Gasteiger partial charge on any atom is -0.316 e. The molecule has 3 heteroatoms. The van der Waals surface area contributed by atoms with Gasteiger partial charge in [-0.3, -0.25) is 5.01 Å². The third-order valence-corrected chi connectivity index (χ3v) is 2.44. The molecule has 0 saturated heterocycles. The van der Waals surface area contributed by atoms with Gasteiger partial charge in [0.2, 0.25) is 0 Å². The second-order valence-corrected chi connectivity index (χ2v) is 3.83. The van der Waals surface area contributed by atoms with Crippen LogP contribution in [0.1, 0.15) is 12.5 Å². The minimum atomic E-state index is 0.415. The Morgan fingerprint density at radius 3 is 3.00 bits per heavy atom. The molecule has 1 aliphatic heterocycles. The van der Waals surface area contributed by atoms with Crippen LogP contribution in [0.25, 0.3) is 0 Å². The second-order valence-electron chi connectivity index (χ2n) is 3.83. The lowest BCUT2D eigenvalue weighted by atomic mass is 10.2. The molecule has 1 aromatic rings. The highest BCUT2D eigenvalue weighted by Gasteiger charge is 2.11. The summed E-state index contributed by atoms with van der Waals surface area (Å²) in [6.45, 7) is 3.04. The largest absolute Gasteiger partial charge is 0.316 e. The third-order valence-electron chi connectivity index (χ3n) is 2.44. The molecule has 0 bridgehead atoms. The van der Waals surface area contributed by atoms with Crippen molar-refractivity contribution >= 4 is 5.69 Å². The summed E-state index contributed by atoms with van der Waals surface area (Å²) in [5, 5.41) is 5.21. The molecule has 0 aromatic heterocycles. The Morgan fingerprint density at radius 2 is 2.33 bits per heavy atom. The number of nitrogens with zero attached hydrogens (tertiary/aromatic N) is 1. The molecule has 1 unspecified atom stereocenters. The van der Waals surface area contributed by atoms with Crippen molar-refractivity contribution in [2.45, 2.75) is 19.5 Å². The Balaban J connectivity index is 2.14. The van der Waals surface area contributed by atoms with E-state index in [1.54, 1.807) is 0 Å². The van der Waals surface area contributed by atoms with E-state index in [1.165, 1.54) is 11.3 Å². The van der Waals surface area contributed by atoms with Gasteiger partial charge in [-0.25, -0.2) is 5.43 Å². The Hall–Kier alpha value is -1.32. The molecule has 0 radical (unpaired) electrons. The lowest BCUT2D eigenvalue weighted by molar-refractivity contribution is 0.682. The van der Waals surface area contributed by atoms with Crippen LogP contribution in [0.2, 0.25) is 0 Å². The van der Waals surface area contributed by atoms with Crippen molar-refractivity contribution in [3.63, 3.8) is 0 Å². The number of hydrogen-bond acceptors (Lipinski definition) is 3. The van der Waals surface area contributed by atoms with Crippen molar-refractivity contribution in [1.82, 2.24) is 10.7 Å². The van der Waals surface area contributed by atoms with Crippen molar-refractivity contribution in [1.29, 1.82) is 0 Å². The topological polar surface area (TPSA) is 27.3 Å². The normalized spacial score (nSPS) is 19.9. The summed E-state index contributed by atoms with van der Waals surface area (Å²) in [5.74, 6) is 0. The Morgan fingerprint density at radius 1 is 1.47 bits per heavy atom. The van der Waals surface area contributed by atoms with Crippen molar-refractivity contribution in [3.05, 3.63) is 42.1 Å². The first kappa shape index (κ1) is 10.2. The fraction of sp³-hybridized carbons (Fsp3) is 0.333. The van der Waals surface area contributed by atoms with Gasteiger partial charge in [-0.05, 0) is 37.7 Å². The van der Waals surface area contributed by atoms with E-state index in [-0.39, 0.29) is 0 Å². The molecule has 3 nitrogen and oxygen atoms in total. The van der Waals surface area contributed by atoms with Gasteiger partial charge in [0.15, 0.2) is 0 Å². The summed E-state index contributed by atoms with van der Waals surface area (Å²) in [7, 11) is 1.96. The van der Waals surface area contributed by atoms with Gasteiger partial charge in [0.1, 0.15) is 0 Å². The number of hydrazine groups is 1. The van der Waals surface area contributed by atoms with Crippen LogP contribution in [0.4, 0.5) is 5.69 Å². The van der Waals surface area contributed by atoms with Crippen molar-refractivity contribution in [2.75, 3.05) is 12.1 Å². The van der Waals surface area contributed by atoms with Crippen molar-refractivity contribution in [2.24, 2.45) is 0 Å². The van der Waals surface area contributed by atoms with E-state index >= 15 is 0 Å². The van der Waals surface area contributed by atoms with E-state index in [0.29, 0.717) is 6.04 Å². The fourth-order valence-corrected chi connectivity index (χ4v) is 1.70. The Kier molecular flexibility index (Phi) is 3.04. The molecular formula is C12H17N3. The summed E-state index contributed by atoms with van der Waals surface area (Å²) < 4.78 is 0. The molecule has 2 rings (SSSR count). The lowest BCUT2D eigenvalue weighted by Gasteiger charge is -2.18. The van der Waals surface area contributed by atoms with E-state index in [2.05, 4.69) is 59.2 Å². The van der Waals surface area contributed by atoms with Crippen LogP contribution in [0.15, 0.2) is 36.5 Å². The standard InChI is InChI=1S/C12H17N3/c1-10-6-7-15(14-10)12-5-3-4-11(8-12)9-13-2/h3-8,10,13-14H,9H2,1-2H3. The molecule has 0 fully saturated rings.